The number of carbonyl (C=O) groups is 1. The predicted molar refractivity (Wildman–Crippen MR) is 68.8 cm³/mol. The van der Waals surface area contributed by atoms with Gasteiger partial charge in [0.25, 0.3) is 0 Å². The van der Waals surface area contributed by atoms with Gasteiger partial charge in [-0.2, -0.15) is 0 Å². The SMILES string of the molecule is CC1SC(=Nc2cc(Cl)ccc2Cl)NC1=O. The molecule has 1 heterocycles. The number of hydrogen-bond acceptors (Lipinski definition) is 3. The van der Waals surface area contributed by atoms with Crippen LogP contribution < -0.4 is 5.32 Å². The zero-order chi connectivity index (χ0) is 11.7. The molecule has 0 radical (unpaired) electrons. The minimum absolute atomic E-state index is 0.0399. The molecule has 16 heavy (non-hydrogen) atoms. The Balaban J connectivity index is 2.30. The van der Waals surface area contributed by atoms with E-state index >= 15 is 0 Å². The van der Waals surface area contributed by atoms with Gasteiger partial charge in [-0.1, -0.05) is 35.0 Å². The van der Waals surface area contributed by atoms with Crippen molar-refractivity contribution in [3.05, 3.63) is 28.2 Å². The van der Waals surface area contributed by atoms with Gasteiger partial charge in [-0.25, -0.2) is 4.99 Å². The zero-order valence-corrected chi connectivity index (χ0v) is 10.7. The highest BCUT2D eigenvalue weighted by molar-refractivity contribution is 8.15. The summed E-state index contributed by atoms with van der Waals surface area (Å²) in [7, 11) is 0. The highest BCUT2D eigenvalue weighted by atomic mass is 35.5. The van der Waals surface area contributed by atoms with E-state index in [2.05, 4.69) is 10.3 Å². The lowest BCUT2D eigenvalue weighted by atomic mass is 10.3. The number of aliphatic imine (C=N–C) groups is 1. The summed E-state index contributed by atoms with van der Waals surface area (Å²) in [5.41, 5.74) is 0.561. The summed E-state index contributed by atoms with van der Waals surface area (Å²) in [6.45, 7) is 1.82. The fourth-order valence-corrected chi connectivity index (χ4v) is 2.33. The maximum Gasteiger partial charge on any atom is 0.239 e. The number of benzene rings is 1. The standard InChI is InChI=1S/C10H8Cl2N2OS/c1-5-9(15)14-10(16-5)13-8-4-6(11)2-3-7(8)12/h2-5H,1H3,(H,13,14,15). The first kappa shape index (κ1) is 11.8. The molecular formula is C10H8Cl2N2OS. The Labute approximate surface area is 107 Å². The van der Waals surface area contributed by atoms with Crippen molar-refractivity contribution < 1.29 is 4.79 Å². The molecule has 0 aliphatic carbocycles. The number of nitrogens with zero attached hydrogens (tertiary/aromatic N) is 1. The highest BCUT2D eigenvalue weighted by Crippen LogP contribution is 2.30. The van der Waals surface area contributed by atoms with Gasteiger partial charge < -0.3 is 5.32 Å². The maximum absolute atomic E-state index is 11.3. The van der Waals surface area contributed by atoms with E-state index in [4.69, 9.17) is 23.2 Å². The first-order valence-electron chi connectivity index (χ1n) is 4.57. The lowest BCUT2D eigenvalue weighted by molar-refractivity contribution is -0.118. The van der Waals surface area contributed by atoms with E-state index in [0.29, 0.717) is 20.9 Å². The third kappa shape index (κ3) is 2.51. The van der Waals surface area contributed by atoms with Gasteiger partial charge in [0.2, 0.25) is 5.91 Å². The maximum atomic E-state index is 11.3. The zero-order valence-electron chi connectivity index (χ0n) is 8.33. The van der Waals surface area contributed by atoms with Crippen LogP contribution in [-0.4, -0.2) is 16.3 Å². The molecule has 84 valence electrons. The van der Waals surface area contributed by atoms with Crippen molar-refractivity contribution in [3.8, 4) is 0 Å². The van der Waals surface area contributed by atoms with Crippen LogP contribution in [0.25, 0.3) is 0 Å². The Morgan fingerprint density at radius 3 is 2.81 bits per heavy atom. The summed E-state index contributed by atoms with van der Waals surface area (Å²) in [6.07, 6.45) is 0. The highest BCUT2D eigenvalue weighted by Gasteiger charge is 2.25. The molecule has 3 nitrogen and oxygen atoms in total. The van der Waals surface area contributed by atoms with E-state index in [9.17, 15) is 4.79 Å². The van der Waals surface area contributed by atoms with Crippen molar-refractivity contribution in [3.63, 3.8) is 0 Å². The normalized spacial score (nSPS) is 22.6. The summed E-state index contributed by atoms with van der Waals surface area (Å²) < 4.78 is 0. The van der Waals surface area contributed by atoms with E-state index in [1.807, 2.05) is 6.92 Å². The van der Waals surface area contributed by atoms with Crippen molar-refractivity contribution in [1.29, 1.82) is 0 Å². The molecule has 0 aromatic heterocycles. The van der Waals surface area contributed by atoms with E-state index in [-0.39, 0.29) is 11.2 Å². The summed E-state index contributed by atoms with van der Waals surface area (Å²) in [6, 6.07) is 5.03. The van der Waals surface area contributed by atoms with E-state index in [1.54, 1.807) is 18.2 Å². The van der Waals surface area contributed by atoms with Gasteiger partial charge >= 0.3 is 0 Å². The first-order chi connectivity index (χ1) is 7.56. The van der Waals surface area contributed by atoms with Crippen LogP contribution in [0, 0.1) is 0 Å². The molecule has 1 aliphatic rings. The number of thioether (sulfide) groups is 1. The lowest BCUT2D eigenvalue weighted by Crippen LogP contribution is -2.23. The monoisotopic (exact) mass is 274 g/mol. The second-order valence-corrected chi connectivity index (χ2v) is 5.44. The second-order valence-electron chi connectivity index (χ2n) is 3.26. The average molecular weight is 275 g/mol. The van der Waals surface area contributed by atoms with Crippen LogP contribution in [0.15, 0.2) is 23.2 Å². The number of amides is 1. The summed E-state index contributed by atoms with van der Waals surface area (Å²) >= 11 is 13.2. The molecular weight excluding hydrogens is 267 g/mol. The molecule has 6 heteroatoms. The van der Waals surface area contributed by atoms with Gasteiger partial charge in [-0.15, -0.1) is 0 Å². The average Bonchev–Trinajstić information content (AvgIpc) is 2.52. The quantitative estimate of drug-likeness (QED) is 0.854. The number of nitrogens with one attached hydrogen (secondary N) is 1. The van der Waals surface area contributed by atoms with E-state index < -0.39 is 0 Å². The van der Waals surface area contributed by atoms with Gasteiger partial charge in [0.15, 0.2) is 5.17 Å². The predicted octanol–water partition coefficient (Wildman–Crippen LogP) is 3.23. The Morgan fingerprint density at radius 2 is 2.19 bits per heavy atom. The molecule has 1 N–H and O–H groups in total. The summed E-state index contributed by atoms with van der Waals surface area (Å²) in [5.74, 6) is -0.0399. The number of hydrogen-bond donors (Lipinski definition) is 1. The molecule has 1 aromatic carbocycles. The van der Waals surface area contributed by atoms with E-state index in [0.717, 1.165) is 0 Å². The van der Waals surface area contributed by atoms with Crippen LogP contribution in [0.4, 0.5) is 5.69 Å². The fraction of sp³-hybridized carbons (Fsp3) is 0.200. The van der Waals surface area contributed by atoms with Crippen molar-refractivity contribution in [2.45, 2.75) is 12.2 Å². The number of carbonyl (C=O) groups excluding carboxylic acids is 1. The van der Waals surface area contributed by atoms with Crippen LogP contribution in [0.5, 0.6) is 0 Å². The smallest absolute Gasteiger partial charge is 0.239 e. The number of rotatable bonds is 1. The summed E-state index contributed by atoms with van der Waals surface area (Å²) in [5, 5.41) is 4.18. The second kappa shape index (κ2) is 4.65. The molecule has 1 unspecified atom stereocenters. The van der Waals surface area contributed by atoms with Gasteiger partial charge in [0.05, 0.1) is 16.0 Å². The Bertz CT molecular complexity index is 476. The van der Waals surface area contributed by atoms with Gasteiger partial charge in [0.1, 0.15) is 0 Å². The molecule has 0 spiro atoms. The molecule has 0 saturated carbocycles. The lowest BCUT2D eigenvalue weighted by Gasteiger charge is -2.00. The topological polar surface area (TPSA) is 41.5 Å². The van der Waals surface area contributed by atoms with E-state index in [1.165, 1.54) is 11.8 Å². The molecule has 0 bridgehead atoms. The van der Waals surface area contributed by atoms with Crippen molar-refractivity contribution in [2.75, 3.05) is 0 Å². The van der Waals surface area contributed by atoms with Gasteiger partial charge in [-0.3, -0.25) is 4.79 Å². The van der Waals surface area contributed by atoms with Crippen LogP contribution in [0.2, 0.25) is 10.0 Å². The van der Waals surface area contributed by atoms with Crippen molar-refractivity contribution in [2.24, 2.45) is 4.99 Å². The molecule has 1 aliphatic heterocycles. The minimum atomic E-state index is -0.114. The van der Waals surface area contributed by atoms with Crippen LogP contribution in [-0.2, 0) is 4.79 Å². The number of amidine groups is 1. The Morgan fingerprint density at radius 1 is 1.44 bits per heavy atom. The summed E-state index contributed by atoms with van der Waals surface area (Å²) in [4.78, 5) is 15.5. The van der Waals surface area contributed by atoms with Crippen LogP contribution in [0.3, 0.4) is 0 Å². The van der Waals surface area contributed by atoms with Gasteiger partial charge in [-0.05, 0) is 25.1 Å². The third-order valence-corrected chi connectivity index (χ3v) is 3.56. The Kier molecular flexibility index (Phi) is 3.42. The van der Waals surface area contributed by atoms with Crippen molar-refractivity contribution in [1.82, 2.24) is 5.32 Å². The van der Waals surface area contributed by atoms with Crippen molar-refractivity contribution >= 4 is 51.7 Å². The first-order valence-corrected chi connectivity index (χ1v) is 6.21. The third-order valence-electron chi connectivity index (χ3n) is 2.02. The Hall–Kier alpha value is -0.710. The molecule has 1 saturated heterocycles. The fourth-order valence-electron chi connectivity index (χ4n) is 1.19. The molecule has 1 atom stereocenters. The van der Waals surface area contributed by atoms with Gasteiger partial charge in [0, 0.05) is 5.02 Å². The minimum Gasteiger partial charge on any atom is -0.304 e. The molecule has 1 fully saturated rings. The van der Waals surface area contributed by atoms with Crippen LogP contribution in [0.1, 0.15) is 6.92 Å². The van der Waals surface area contributed by atoms with Crippen LogP contribution >= 0.6 is 35.0 Å². The molecule has 1 amide bonds. The largest absolute Gasteiger partial charge is 0.304 e. The molecule has 2 rings (SSSR count). The number of halogens is 2. The molecule has 1 aromatic rings.